The molecule has 1 unspecified atom stereocenters. The van der Waals surface area contributed by atoms with E-state index >= 15 is 0 Å². The summed E-state index contributed by atoms with van der Waals surface area (Å²) < 4.78 is 6.39. The van der Waals surface area contributed by atoms with Gasteiger partial charge in [-0.2, -0.15) is 0 Å². The highest BCUT2D eigenvalue weighted by molar-refractivity contribution is 6.30. The largest absolute Gasteiger partial charge is 0.394 e. The molecule has 0 amide bonds. The summed E-state index contributed by atoms with van der Waals surface area (Å²) in [7, 11) is 0. The summed E-state index contributed by atoms with van der Waals surface area (Å²) in [6, 6.07) is 14.9. The summed E-state index contributed by atoms with van der Waals surface area (Å²) in [5.41, 5.74) is 1.89. The second-order valence-electron chi connectivity index (χ2n) is 8.27. The first-order chi connectivity index (χ1) is 14.5. The maximum absolute atomic E-state index is 11.2. The summed E-state index contributed by atoms with van der Waals surface area (Å²) in [5, 5.41) is 31.8. The van der Waals surface area contributed by atoms with Gasteiger partial charge in [0.25, 0.3) is 0 Å². The Balaban J connectivity index is 1.75. The molecule has 1 saturated carbocycles. The van der Waals surface area contributed by atoms with Gasteiger partial charge in [0.2, 0.25) is 0 Å². The van der Waals surface area contributed by atoms with E-state index in [0.717, 1.165) is 30.5 Å². The van der Waals surface area contributed by atoms with Crippen molar-refractivity contribution in [1.29, 1.82) is 0 Å². The molecule has 0 spiro atoms. The fourth-order valence-electron chi connectivity index (χ4n) is 4.20. The molecule has 2 fully saturated rings. The molecule has 4 rings (SSSR count). The number of benzene rings is 2. The van der Waals surface area contributed by atoms with Crippen LogP contribution >= 0.6 is 23.2 Å². The predicted octanol–water partition coefficient (Wildman–Crippen LogP) is 3.95. The van der Waals surface area contributed by atoms with Crippen LogP contribution in [-0.2, 0) is 4.74 Å². The van der Waals surface area contributed by atoms with Crippen LogP contribution in [0, 0.1) is 5.92 Å². The van der Waals surface area contributed by atoms with Crippen molar-refractivity contribution >= 4 is 23.2 Å². The highest BCUT2D eigenvalue weighted by atomic mass is 35.5. The summed E-state index contributed by atoms with van der Waals surface area (Å²) in [4.78, 5) is 2.07. The van der Waals surface area contributed by atoms with Gasteiger partial charge in [-0.15, -0.1) is 0 Å². The smallest absolute Gasteiger partial charge is 0.134 e. The van der Waals surface area contributed by atoms with Crippen molar-refractivity contribution in [3.63, 3.8) is 0 Å². The molecule has 0 radical (unpaired) electrons. The van der Waals surface area contributed by atoms with Crippen molar-refractivity contribution in [2.24, 2.45) is 5.92 Å². The molecule has 7 heteroatoms. The molecule has 0 aromatic heterocycles. The molecule has 5 nitrogen and oxygen atoms in total. The fraction of sp³-hybridized carbons (Fsp3) is 0.478. The van der Waals surface area contributed by atoms with Gasteiger partial charge in [-0.1, -0.05) is 47.5 Å². The minimum absolute atomic E-state index is 0.142. The Morgan fingerprint density at radius 3 is 2.40 bits per heavy atom. The molecule has 162 valence electrons. The van der Waals surface area contributed by atoms with Crippen LogP contribution in [0.25, 0.3) is 0 Å². The molecule has 1 heterocycles. The number of ether oxygens (including phenoxy) is 1. The van der Waals surface area contributed by atoms with Crippen molar-refractivity contribution in [2.45, 2.75) is 49.8 Å². The maximum Gasteiger partial charge on any atom is 0.134 e. The van der Waals surface area contributed by atoms with Gasteiger partial charge in [0.05, 0.1) is 18.8 Å². The van der Waals surface area contributed by atoms with Crippen molar-refractivity contribution in [1.82, 2.24) is 4.90 Å². The topological polar surface area (TPSA) is 73.2 Å². The van der Waals surface area contributed by atoms with E-state index in [1.54, 1.807) is 0 Å². The van der Waals surface area contributed by atoms with Crippen molar-refractivity contribution in [3.8, 4) is 0 Å². The second kappa shape index (κ2) is 9.53. The van der Waals surface area contributed by atoms with E-state index in [1.165, 1.54) is 0 Å². The minimum atomic E-state index is -0.959. The number of morpholine rings is 1. The van der Waals surface area contributed by atoms with Crippen LogP contribution in [-0.4, -0.2) is 51.8 Å². The number of hydrogen-bond donors (Lipinski definition) is 3. The second-order valence-corrected chi connectivity index (χ2v) is 9.15. The van der Waals surface area contributed by atoms with E-state index in [1.807, 2.05) is 48.5 Å². The van der Waals surface area contributed by atoms with E-state index in [2.05, 4.69) is 4.90 Å². The molecule has 1 saturated heterocycles. The van der Waals surface area contributed by atoms with Gasteiger partial charge in [0.15, 0.2) is 0 Å². The average molecular weight is 452 g/mol. The third-order valence-corrected chi connectivity index (χ3v) is 6.39. The van der Waals surface area contributed by atoms with Crippen LogP contribution in [0.4, 0.5) is 0 Å². The molecule has 1 aliphatic heterocycles. The average Bonchev–Trinajstić information content (AvgIpc) is 3.55. The zero-order valence-electron chi connectivity index (χ0n) is 16.6. The van der Waals surface area contributed by atoms with Crippen LogP contribution in [0.15, 0.2) is 48.5 Å². The first-order valence-corrected chi connectivity index (χ1v) is 11.1. The molecule has 30 heavy (non-hydrogen) atoms. The summed E-state index contributed by atoms with van der Waals surface area (Å²) in [6.45, 7) is 0.359. The lowest BCUT2D eigenvalue weighted by molar-refractivity contribution is -0.228. The Morgan fingerprint density at radius 1 is 1.03 bits per heavy atom. The molecule has 1 aliphatic carbocycles. The molecule has 2 aromatic carbocycles. The van der Waals surface area contributed by atoms with Crippen molar-refractivity contribution < 1.29 is 20.1 Å². The first kappa shape index (κ1) is 22.0. The van der Waals surface area contributed by atoms with E-state index < -0.39 is 24.5 Å². The minimum Gasteiger partial charge on any atom is -0.394 e. The standard InChI is InChI=1S/C23H27Cl2NO4/c24-17-8-6-15(7-9-17)21-22(16-2-1-3-18(25)10-16)30-20(11-19(28)13-27)23(29)26(21)12-14-4-5-14/h1-3,6-10,14,19-23,27-29H,4-5,11-13H2/t19?,20-,21+,22-,23-/m0/s1. The lowest BCUT2D eigenvalue weighted by atomic mass is 9.90. The zero-order valence-corrected chi connectivity index (χ0v) is 18.1. The lowest BCUT2D eigenvalue weighted by Gasteiger charge is -2.49. The number of halogens is 2. The fourth-order valence-corrected chi connectivity index (χ4v) is 4.52. The van der Waals surface area contributed by atoms with E-state index in [4.69, 9.17) is 27.9 Å². The van der Waals surface area contributed by atoms with Crippen molar-refractivity contribution in [2.75, 3.05) is 13.2 Å². The van der Waals surface area contributed by atoms with Gasteiger partial charge in [-0.05, 0) is 54.2 Å². The normalized spacial score (nSPS) is 28.4. The first-order valence-electron chi connectivity index (χ1n) is 10.4. The predicted molar refractivity (Wildman–Crippen MR) is 116 cm³/mol. The molecule has 0 bridgehead atoms. The van der Waals surface area contributed by atoms with Crippen molar-refractivity contribution in [3.05, 3.63) is 69.7 Å². The van der Waals surface area contributed by atoms with Crippen LogP contribution < -0.4 is 0 Å². The van der Waals surface area contributed by atoms with Gasteiger partial charge in [0.1, 0.15) is 18.4 Å². The number of rotatable bonds is 7. The lowest BCUT2D eigenvalue weighted by Crippen LogP contribution is -2.55. The molecule has 3 N–H and O–H groups in total. The number of aliphatic hydroxyl groups is 3. The zero-order chi connectivity index (χ0) is 21.3. The number of nitrogens with zero attached hydrogens (tertiary/aromatic N) is 1. The number of hydrogen-bond acceptors (Lipinski definition) is 5. The Bertz CT molecular complexity index is 845. The monoisotopic (exact) mass is 451 g/mol. The van der Waals surface area contributed by atoms with Gasteiger partial charge < -0.3 is 20.1 Å². The van der Waals surface area contributed by atoms with E-state index in [-0.39, 0.29) is 19.1 Å². The highest BCUT2D eigenvalue weighted by Gasteiger charge is 2.46. The quantitative estimate of drug-likeness (QED) is 0.594. The Kier molecular flexibility index (Phi) is 7.00. The van der Waals surface area contributed by atoms with Gasteiger partial charge in [-0.3, -0.25) is 4.90 Å². The van der Waals surface area contributed by atoms with Crippen LogP contribution in [0.3, 0.4) is 0 Å². The molecule has 2 aliphatic rings. The molecular formula is C23H27Cl2NO4. The van der Waals surface area contributed by atoms with E-state index in [9.17, 15) is 15.3 Å². The van der Waals surface area contributed by atoms with Gasteiger partial charge in [-0.25, -0.2) is 0 Å². The van der Waals surface area contributed by atoms with Crippen LogP contribution in [0.5, 0.6) is 0 Å². The SMILES string of the molecule is OCC(O)C[C@@H]1O[C@@H](c2cccc(Cl)c2)[C@@H](c2ccc(Cl)cc2)N(CC2CC2)[C@H]1O. The Morgan fingerprint density at radius 2 is 1.77 bits per heavy atom. The van der Waals surface area contributed by atoms with Crippen LogP contribution in [0.1, 0.15) is 42.5 Å². The summed E-state index contributed by atoms with van der Waals surface area (Å²) in [5.74, 6) is 0.538. The third kappa shape index (κ3) is 5.00. The maximum atomic E-state index is 11.2. The Hall–Kier alpha value is -1.18. The molecule has 5 atom stereocenters. The van der Waals surface area contributed by atoms with Gasteiger partial charge >= 0.3 is 0 Å². The van der Waals surface area contributed by atoms with Crippen LogP contribution in [0.2, 0.25) is 10.0 Å². The Labute approximate surface area is 186 Å². The molecular weight excluding hydrogens is 425 g/mol. The van der Waals surface area contributed by atoms with E-state index in [0.29, 0.717) is 16.0 Å². The third-order valence-electron chi connectivity index (χ3n) is 5.91. The summed E-state index contributed by atoms with van der Waals surface area (Å²) >= 11 is 12.4. The number of aliphatic hydroxyl groups excluding tert-OH is 3. The summed E-state index contributed by atoms with van der Waals surface area (Å²) in [6.07, 6.45) is -0.473. The molecule has 2 aromatic rings. The van der Waals surface area contributed by atoms with Gasteiger partial charge in [0, 0.05) is 23.0 Å². The highest BCUT2D eigenvalue weighted by Crippen LogP contribution is 2.46.